The molecule has 0 bridgehead atoms. The van der Waals surface area contributed by atoms with Crippen molar-refractivity contribution in [2.45, 2.75) is 51.0 Å². The van der Waals surface area contributed by atoms with Crippen molar-refractivity contribution >= 4 is 11.3 Å². The van der Waals surface area contributed by atoms with E-state index in [1.807, 2.05) is 0 Å². The Morgan fingerprint density at radius 1 is 1.44 bits per heavy atom. The van der Waals surface area contributed by atoms with Gasteiger partial charge in [0.1, 0.15) is 6.61 Å². The van der Waals surface area contributed by atoms with E-state index in [1.165, 1.54) is 19.3 Å². The Balaban J connectivity index is 1.86. The maximum absolute atomic E-state index is 6.30. The van der Waals surface area contributed by atoms with E-state index in [0.717, 1.165) is 30.2 Å². The SMILES string of the molecule is CCc1csc(OCC2(N)CCCCC2)n1. The predicted octanol–water partition coefficient (Wildman–Crippen LogP) is 2.75. The normalized spacial score (nSPS) is 19.6. The van der Waals surface area contributed by atoms with Crippen LogP contribution < -0.4 is 10.5 Å². The standard InChI is InChI=1S/C12H20N2OS/c1-2-10-8-16-11(14-10)15-9-12(13)6-4-3-5-7-12/h8H,2-7,9,13H2,1H3. The average molecular weight is 240 g/mol. The number of ether oxygens (including phenoxy) is 1. The molecule has 1 saturated carbocycles. The minimum Gasteiger partial charge on any atom is -0.468 e. The van der Waals surface area contributed by atoms with E-state index < -0.39 is 0 Å². The zero-order valence-electron chi connectivity index (χ0n) is 9.87. The monoisotopic (exact) mass is 240 g/mol. The molecule has 1 heterocycles. The Morgan fingerprint density at radius 2 is 2.19 bits per heavy atom. The predicted molar refractivity (Wildman–Crippen MR) is 67.0 cm³/mol. The third kappa shape index (κ3) is 2.95. The lowest BCUT2D eigenvalue weighted by molar-refractivity contribution is 0.173. The van der Waals surface area contributed by atoms with Gasteiger partial charge in [-0.3, -0.25) is 0 Å². The number of hydrogen-bond acceptors (Lipinski definition) is 4. The third-order valence-electron chi connectivity index (χ3n) is 3.23. The fourth-order valence-electron chi connectivity index (χ4n) is 2.12. The second-order valence-corrected chi connectivity index (χ2v) is 5.49. The van der Waals surface area contributed by atoms with Crippen molar-refractivity contribution in [1.29, 1.82) is 0 Å². The maximum Gasteiger partial charge on any atom is 0.273 e. The first-order valence-corrected chi connectivity index (χ1v) is 6.96. The van der Waals surface area contributed by atoms with Crippen LogP contribution in [0.3, 0.4) is 0 Å². The summed E-state index contributed by atoms with van der Waals surface area (Å²) in [7, 11) is 0. The fraction of sp³-hybridized carbons (Fsp3) is 0.750. The topological polar surface area (TPSA) is 48.1 Å². The summed E-state index contributed by atoms with van der Waals surface area (Å²) in [6.07, 6.45) is 6.91. The highest BCUT2D eigenvalue weighted by molar-refractivity contribution is 7.11. The summed E-state index contributed by atoms with van der Waals surface area (Å²) in [5.74, 6) is 0. The molecule has 90 valence electrons. The summed E-state index contributed by atoms with van der Waals surface area (Å²) in [6, 6.07) is 0. The van der Waals surface area contributed by atoms with Gasteiger partial charge in [0.25, 0.3) is 5.19 Å². The van der Waals surface area contributed by atoms with E-state index >= 15 is 0 Å². The molecular formula is C12H20N2OS. The van der Waals surface area contributed by atoms with E-state index in [-0.39, 0.29) is 5.54 Å². The zero-order chi connectivity index (χ0) is 11.4. The molecule has 16 heavy (non-hydrogen) atoms. The molecule has 3 nitrogen and oxygen atoms in total. The van der Waals surface area contributed by atoms with E-state index in [9.17, 15) is 0 Å². The van der Waals surface area contributed by atoms with E-state index in [4.69, 9.17) is 10.5 Å². The summed E-state index contributed by atoms with van der Waals surface area (Å²) in [6.45, 7) is 2.72. The number of hydrogen-bond donors (Lipinski definition) is 1. The molecule has 0 amide bonds. The Kier molecular flexibility index (Phi) is 3.82. The summed E-state index contributed by atoms with van der Waals surface area (Å²) in [5, 5.41) is 2.83. The largest absolute Gasteiger partial charge is 0.468 e. The molecule has 0 aromatic carbocycles. The van der Waals surface area contributed by atoms with Crippen LogP contribution in [0.5, 0.6) is 5.19 Å². The number of nitrogens with zero attached hydrogens (tertiary/aromatic N) is 1. The van der Waals surface area contributed by atoms with Crippen molar-refractivity contribution in [3.05, 3.63) is 11.1 Å². The van der Waals surface area contributed by atoms with Crippen LogP contribution in [0.2, 0.25) is 0 Å². The molecular weight excluding hydrogens is 220 g/mol. The van der Waals surface area contributed by atoms with Crippen molar-refractivity contribution in [1.82, 2.24) is 4.98 Å². The Bertz CT molecular complexity index is 332. The third-order valence-corrected chi connectivity index (χ3v) is 4.03. The quantitative estimate of drug-likeness (QED) is 0.880. The van der Waals surface area contributed by atoms with Crippen molar-refractivity contribution in [3.8, 4) is 5.19 Å². The number of aromatic nitrogens is 1. The van der Waals surface area contributed by atoms with E-state index in [0.29, 0.717) is 6.61 Å². The summed E-state index contributed by atoms with van der Waals surface area (Å²) >= 11 is 1.57. The minimum atomic E-state index is -0.115. The molecule has 1 aromatic heterocycles. The molecule has 0 radical (unpaired) electrons. The van der Waals surface area contributed by atoms with Crippen molar-refractivity contribution in [2.75, 3.05) is 6.61 Å². The Labute approximate surface area is 101 Å². The van der Waals surface area contributed by atoms with Gasteiger partial charge in [0.15, 0.2) is 0 Å². The van der Waals surface area contributed by atoms with Gasteiger partial charge in [0.2, 0.25) is 0 Å². The lowest BCUT2D eigenvalue weighted by Crippen LogP contribution is -2.47. The number of thiazole rings is 1. The van der Waals surface area contributed by atoms with Gasteiger partial charge in [0.05, 0.1) is 11.2 Å². The van der Waals surface area contributed by atoms with Crippen molar-refractivity contribution in [3.63, 3.8) is 0 Å². The number of rotatable bonds is 4. The Morgan fingerprint density at radius 3 is 2.81 bits per heavy atom. The van der Waals surface area contributed by atoms with Crippen LogP contribution in [-0.4, -0.2) is 17.1 Å². The lowest BCUT2D eigenvalue weighted by Gasteiger charge is -2.32. The van der Waals surface area contributed by atoms with Crippen LogP contribution in [0.4, 0.5) is 0 Å². The van der Waals surface area contributed by atoms with E-state index in [1.54, 1.807) is 11.3 Å². The number of aryl methyl sites for hydroxylation is 1. The zero-order valence-corrected chi connectivity index (χ0v) is 10.7. The highest BCUT2D eigenvalue weighted by Gasteiger charge is 2.28. The summed E-state index contributed by atoms with van der Waals surface area (Å²) < 4.78 is 5.71. The van der Waals surface area contributed by atoms with Gasteiger partial charge in [-0.2, -0.15) is 0 Å². The van der Waals surface area contributed by atoms with Gasteiger partial charge in [-0.15, -0.1) is 0 Å². The maximum atomic E-state index is 6.30. The average Bonchev–Trinajstić information content (AvgIpc) is 2.75. The molecule has 1 aromatic rings. The van der Waals surface area contributed by atoms with Crippen LogP contribution in [0.15, 0.2) is 5.38 Å². The summed E-state index contributed by atoms with van der Waals surface area (Å²) in [4.78, 5) is 4.38. The van der Waals surface area contributed by atoms with Gasteiger partial charge in [-0.05, 0) is 19.3 Å². The highest BCUT2D eigenvalue weighted by Crippen LogP contribution is 2.27. The lowest BCUT2D eigenvalue weighted by atomic mass is 9.83. The number of nitrogens with two attached hydrogens (primary N) is 1. The molecule has 4 heteroatoms. The van der Waals surface area contributed by atoms with Gasteiger partial charge in [0, 0.05) is 5.38 Å². The van der Waals surface area contributed by atoms with Gasteiger partial charge in [-0.25, -0.2) is 4.98 Å². The van der Waals surface area contributed by atoms with Crippen LogP contribution in [0.25, 0.3) is 0 Å². The molecule has 0 aliphatic heterocycles. The first kappa shape index (κ1) is 11.9. The van der Waals surface area contributed by atoms with Crippen molar-refractivity contribution < 1.29 is 4.74 Å². The molecule has 0 saturated heterocycles. The molecule has 2 rings (SSSR count). The molecule has 0 spiro atoms. The molecule has 1 fully saturated rings. The van der Waals surface area contributed by atoms with Gasteiger partial charge in [-0.1, -0.05) is 37.5 Å². The smallest absolute Gasteiger partial charge is 0.273 e. The fourth-order valence-corrected chi connectivity index (χ4v) is 2.88. The van der Waals surface area contributed by atoms with Gasteiger partial charge < -0.3 is 10.5 Å². The van der Waals surface area contributed by atoms with Crippen molar-refractivity contribution in [2.24, 2.45) is 5.73 Å². The second kappa shape index (κ2) is 5.15. The Hall–Kier alpha value is -0.610. The first-order valence-electron chi connectivity index (χ1n) is 6.08. The van der Waals surface area contributed by atoms with Crippen LogP contribution in [-0.2, 0) is 6.42 Å². The minimum absolute atomic E-state index is 0.115. The second-order valence-electron chi connectivity index (χ2n) is 4.67. The molecule has 0 atom stereocenters. The first-order chi connectivity index (χ1) is 7.72. The van der Waals surface area contributed by atoms with Crippen LogP contribution in [0.1, 0.15) is 44.7 Å². The molecule has 1 aliphatic carbocycles. The van der Waals surface area contributed by atoms with Crippen LogP contribution >= 0.6 is 11.3 Å². The molecule has 2 N–H and O–H groups in total. The van der Waals surface area contributed by atoms with Gasteiger partial charge >= 0.3 is 0 Å². The van der Waals surface area contributed by atoms with Crippen LogP contribution in [0, 0.1) is 0 Å². The molecule has 1 aliphatic rings. The van der Waals surface area contributed by atoms with E-state index in [2.05, 4.69) is 17.3 Å². The summed E-state index contributed by atoms with van der Waals surface area (Å²) in [5.41, 5.74) is 7.29. The highest BCUT2D eigenvalue weighted by atomic mass is 32.1. The molecule has 0 unspecified atom stereocenters.